The number of carbonyl (C=O) groups excluding carboxylic acids is 1. The Hall–Kier alpha value is -1.46. The number of nitrogens with zero attached hydrogens (tertiary/aromatic N) is 2. The fourth-order valence-corrected chi connectivity index (χ4v) is 2.87. The number of hydrogen-bond donors (Lipinski definition) is 1. The van der Waals surface area contributed by atoms with Crippen LogP contribution in [-0.2, 0) is 7.05 Å². The van der Waals surface area contributed by atoms with Gasteiger partial charge in [-0.1, -0.05) is 17.7 Å². The quantitative estimate of drug-likeness (QED) is 0.909. The maximum absolute atomic E-state index is 12.3. The van der Waals surface area contributed by atoms with E-state index >= 15 is 0 Å². The number of anilines is 2. The molecule has 0 bridgehead atoms. The first-order chi connectivity index (χ1) is 9.40. The lowest BCUT2D eigenvalue weighted by atomic mass is 10.2. The van der Waals surface area contributed by atoms with Gasteiger partial charge in [-0.25, -0.2) is 0 Å². The van der Waals surface area contributed by atoms with E-state index in [2.05, 4.69) is 21.2 Å². The second-order valence-corrected chi connectivity index (χ2v) is 5.96. The summed E-state index contributed by atoms with van der Waals surface area (Å²) in [6.45, 7) is 0. The van der Waals surface area contributed by atoms with Crippen LogP contribution in [0.1, 0.15) is 10.5 Å². The lowest BCUT2D eigenvalue weighted by molar-refractivity contribution is 0.101. The number of nitrogens with one attached hydrogen (secondary N) is 1. The summed E-state index contributed by atoms with van der Waals surface area (Å²) >= 11 is 9.54. The summed E-state index contributed by atoms with van der Waals surface area (Å²) in [5.41, 5.74) is 2.04. The summed E-state index contributed by atoms with van der Waals surface area (Å²) in [4.78, 5) is 14.2. The van der Waals surface area contributed by atoms with Gasteiger partial charge in [0.15, 0.2) is 0 Å². The third-order valence-electron chi connectivity index (χ3n) is 2.89. The van der Waals surface area contributed by atoms with E-state index < -0.39 is 0 Å². The second-order valence-electron chi connectivity index (χ2n) is 4.64. The molecule has 0 radical (unpaired) electrons. The van der Waals surface area contributed by atoms with Crippen LogP contribution in [0.2, 0.25) is 5.02 Å². The van der Waals surface area contributed by atoms with Gasteiger partial charge in [0.2, 0.25) is 0 Å². The highest BCUT2D eigenvalue weighted by atomic mass is 79.9. The summed E-state index contributed by atoms with van der Waals surface area (Å²) < 4.78 is 2.63. The van der Waals surface area contributed by atoms with Crippen molar-refractivity contribution in [1.29, 1.82) is 0 Å². The molecule has 106 valence electrons. The van der Waals surface area contributed by atoms with Crippen LogP contribution in [0.4, 0.5) is 11.4 Å². The summed E-state index contributed by atoms with van der Waals surface area (Å²) in [6, 6.07) is 7.21. The number of carbonyl (C=O) groups is 1. The minimum absolute atomic E-state index is 0.177. The highest BCUT2D eigenvalue weighted by Gasteiger charge is 2.15. The van der Waals surface area contributed by atoms with Crippen LogP contribution >= 0.6 is 27.5 Å². The molecule has 1 N–H and O–H groups in total. The van der Waals surface area contributed by atoms with Gasteiger partial charge in [-0.15, -0.1) is 0 Å². The minimum Gasteiger partial charge on any atom is -0.375 e. The molecule has 2 rings (SSSR count). The third kappa shape index (κ3) is 2.99. The zero-order valence-corrected chi connectivity index (χ0v) is 13.8. The van der Waals surface area contributed by atoms with E-state index in [4.69, 9.17) is 11.6 Å². The van der Waals surface area contributed by atoms with Gasteiger partial charge in [-0.2, -0.15) is 0 Å². The first-order valence-electron chi connectivity index (χ1n) is 5.99. The summed E-state index contributed by atoms with van der Waals surface area (Å²) in [6.07, 6.45) is 1.83. The number of halogens is 2. The van der Waals surface area contributed by atoms with Crippen LogP contribution in [0.15, 0.2) is 34.9 Å². The van der Waals surface area contributed by atoms with E-state index in [1.807, 2.05) is 44.4 Å². The van der Waals surface area contributed by atoms with Crippen molar-refractivity contribution in [3.8, 4) is 0 Å². The maximum Gasteiger partial charge on any atom is 0.272 e. The fraction of sp³-hybridized carbons (Fsp3) is 0.214. The molecule has 0 aliphatic carbocycles. The Morgan fingerprint density at radius 1 is 1.40 bits per heavy atom. The second kappa shape index (κ2) is 5.89. The van der Waals surface area contributed by atoms with E-state index in [9.17, 15) is 4.79 Å². The van der Waals surface area contributed by atoms with Crippen LogP contribution in [0.3, 0.4) is 0 Å². The smallest absolute Gasteiger partial charge is 0.272 e. The van der Waals surface area contributed by atoms with E-state index in [-0.39, 0.29) is 5.91 Å². The molecule has 1 aromatic carbocycles. The Balaban J connectivity index is 2.33. The van der Waals surface area contributed by atoms with Crippen molar-refractivity contribution >= 4 is 44.8 Å². The Labute approximate surface area is 131 Å². The predicted molar refractivity (Wildman–Crippen MR) is 86.8 cm³/mol. The van der Waals surface area contributed by atoms with Crippen molar-refractivity contribution in [2.24, 2.45) is 7.05 Å². The van der Waals surface area contributed by atoms with Crippen LogP contribution < -0.4 is 10.2 Å². The molecule has 0 fully saturated rings. The van der Waals surface area contributed by atoms with Crippen molar-refractivity contribution in [1.82, 2.24) is 4.57 Å². The first kappa shape index (κ1) is 14.9. The number of aryl methyl sites for hydroxylation is 1. The van der Waals surface area contributed by atoms with Crippen molar-refractivity contribution in [2.75, 3.05) is 24.3 Å². The first-order valence-corrected chi connectivity index (χ1v) is 7.16. The molecule has 0 unspecified atom stereocenters. The van der Waals surface area contributed by atoms with Gasteiger partial charge in [0, 0.05) is 31.8 Å². The number of para-hydroxylation sites is 1. The summed E-state index contributed by atoms with van der Waals surface area (Å²) in [5.74, 6) is -0.177. The molecule has 0 aliphatic rings. The van der Waals surface area contributed by atoms with Crippen molar-refractivity contribution < 1.29 is 4.79 Å². The Morgan fingerprint density at radius 3 is 2.65 bits per heavy atom. The average Bonchev–Trinajstić information content (AvgIpc) is 2.68. The molecule has 0 spiro atoms. The van der Waals surface area contributed by atoms with Gasteiger partial charge in [-0.3, -0.25) is 4.79 Å². The van der Waals surface area contributed by atoms with Crippen LogP contribution in [0.25, 0.3) is 0 Å². The van der Waals surface area contributed by atoms with Crippen LogP contribution in [-0.4, -0.2) is 24.6 Å². The number of amides is 1. The topological polar surface area (TPSA) is 37.3 Å². The van der Waals surface area contributed by atoms with E-state index in [1.165, 1.54) is 0 Å². The largest absolute Gasteiger partial charge is 0.375 e. The minimum atomic E-state index is -0.177. The molecule has 20 heavy (non-hydrogen) atoms. The van der Waals surface area contributed by atoms with E-state index in [1.54, 1.807) is 16.7 Å². The predicted octanol–water partition coefficient (Wildman–Crippen LogP) is 3.76. The molecule has 0 saturated carbocycles. The summed E-state index contributed by atoms with van der Waals surface area (Å²) in [7, 11) is 5.59. The van der Waals surface area contributed by atoms with Gasteiger partial charge < -0.3 is 14.8 Å². The molecule has 0 atom stereocenters. The van der Waals surface area contributed by atoms with E-state index in [0.29, 0.717) is 16.4 Å². The van der Waals surface area contributed by atoms with Crippen molar-refractivity contribution in [3.05, 3.63) is 45.7 Å². The molecule has 1 aromatic heterocycles. The Kier molecular flexibility index (Phi) is 4.40. The molecule has 0 aliphatic heterocycles. The zero-order chi connectivity index (χ0) is 14.9. The van der Waals surface area contributed by atoms with Gasteiger partial charge in [0.05, 0.1) is 16.4 Å². The van der Waals surface area contributed by atoms with Crippen LogP contribution in [0, 0.1) is 0 Å². The summed E-state index contributed by atoms with van der Waals surface area (Å²) in [5, 5.41) is 3.49. The van der Waals surface area contributed by atoms with Gasteiger partial charge >= 0.3 is 0 Å². The Bertz CT molecular complexity index is 652. The maximum atomic E-state index is 12.3. The highest BCUT2D eigenvalue weighted by molar-refractivity contribution is 9.10. The molecular weight excluding hydrogens is 342 g/mol. The van der Waals surface area contributed by atoms with Gasteiger partial charge in [0.25, 0.3) is 5.91 Å². The van der Waals surface area contributed by atoms with Crippen molar-refractivity contribution in [2.45, 2.75) is 0 Å². The normalized spacial score (nSPS) is 10.4. The van der Waals surface area contributed by atoms with Gasteiger partial charge in [-0.05, 0) is 34.1 Å². The number of aromatic nitrogens is 1. The highest BCUT2D eigenvalue weighted by Crippen LogP contribution is 2.32. The SMILES string of the molecule is CN(C)c1c(Cl)cccc1NC(=O)c1cc(Br)cn1C. The van der Waals surface area contributed by atoms with E-state index in [0.717, 1.165) is 10.2 Å². The molecule has 1 heterocycles. The molecular formula is C14H15BrClN3O. The molecule has 2 aromatic rings. The average molecular weight is 357 g/mol. The molecule has 6 heteroatoms. The van der Waals surface area contributed by atoms with Gasteiger partial charge in [0.1, 0.15) is 5.69 Å². The van der Waals surface area contributed by atoms with Crippen LogP contribution in [0.5, 0.6) is 0 Å². The fourth-order valence-electron chi connectivity index (χ4n) is 2.01. The standard InChI is InChI=1S/C14H15BrClN3O/c1-18(2)13-10(16)5-4-6-11(13)17-14(20)12-7-9(15)8-19(12)3/h4-8H,1-3H3,(H,17,20). The molecule has 1 amide bonds. The lowest BCUT2D eigenvalue weighted by Crippen LogP contribution is -2.18. The lowest BCUT2D eigenvalue weighted by Gasteiger charge is -2.19. The zero-order valence-electron chi connectivity index (χ0n) is 11.4. The van der Waals surface area contributed by atoms with Crippen molar-refractivity contribution in [3.63, 3.8) is 0 Å². The number of rotatable bonds is 3. The monoisotopic (exact) mass is 355 g/mol. The Morgan fingerprint density at radius 2 is 2.10 bits per heavy atom. The number of hydrogen-bond acceptors (Lipinski definition) is 2. The third-order valence-corrected chi connectivity index (χ3v) is 3.63. The molecule has 0 saturated heterocycles. The number of benzene rings is 1. The molecule has 4 nitrogen and oxygen atoms in total.